The van der Waals surface area contributed by atoms with E-state index in [-0.39, 0.29) is 18.0 Å². The first-order valence-corrected chi connectivity index (χ1v) is 5.56. The molecule has 0 saturated carbocycles. The number of carbonyl (C=O) groups is 1. The molecule has 0 aromatic carbocycles. The molecule has 1 amide bonds. The van der Waals surface area contributed by atoms with E-state index in [0.29, 0.717) is 12.3 Å². The second-order valence-electron chi connectivity index (χ2n) is 4.20. The lowest BCUT2D eigenvalue weighted by molar-refractivity contribution is -0.122. The van der Waals surface area contributed by atoms with Gasteiger partial charge in [-0.2, -0.15) is 0 Å². The number of carbonyl (C=O) groups excluding carboxylic acids is 1. The Morgan fingerprint density at radius 1 is 1.29 bits per heavy atom. The first-order chi connectivity index (χ1) is 6.51. The first-order valence-electron chi connectivity index (χ1n) is 5.56. The molecule has 0 aliphatic heterocycles. The van der Waals surface area contributed by atoms with Crippen LogP contribution in [-0.2, 0) is 4.79 Å². The highest BCUT2D eigenvalue weighted by molar-refractivity contribution is 5.76. The number of hydrogen-bond donors (Lipinski definition) is 2. The molecule has 3 heteroatoms. The minimum absolute atomic E-state index is 0.000307. The molecule has 0 spiro atoms. The number of rotatable bonds is 6. The smallest absolute Gasteiger partial charge is 0.221 e. The zero-order valence-electron chi connectivity index (χ0n) is 9.84. The van der Waals surface area contributed by atoms with Gasteiger partial charge in [0.05, 0.1) is 0 Å². The first kappa shape index (κ1) is 13.4. The predicted molar refractivity (Wildman–Crippen MR) is 59.9 cm³/mol. The number of amides is 1. The van der Waals surface area contributed by atoms with Crippen molar-refractivity contribution in [3.63, 3.8) is 0 Å². The molecule has 0 rings (SSSR count). The highest BCUT2D eigenvalue weighted by Gasteiger charge is 2.15. The lowest BCUT2D eigenvalue weighted by atomic mass is 10.0. The molecule has 14 heavy (non-hydrogen) atoms. The Morgan fingerprint density at radius 2 is 1.86 bits per heavy atom. The summed E-state index contributed by atoms with van der Waals surface area (Å²) >= 11 is 0. The van der Waals surface area contributed by atoms with Crippen LogP contribution in [0.1, 0.15) is 47.0 Å². The summed E-state index contributed by atoms with van der Waals surface area (Å²) in [4.78, 5) is 11.5. The van der Waals surface area contributed by atoms with Gasteiger partial charge in [-0.15, -0.1) is 0 Å². The number of nitrogens with one attached hydrogen (secondary N) is 1. The summed E-state index contributed by atoms with van der Waals surface area (Å²) in [7, 11) is 0. The summed E-state index contributed by atoms with van der Waals surface area (Å²) in [5.74, 6) is 0.571. The van der Waals surface area contributed by atoms with Crippen LogP contribution in [0.25, 0.3) is 0 Å². The van der Waals surface area contributed by atoms with Gasteiger partial charge in [-0.05, 0) is 18.8 Å². The fourth-order valence-electron chi connectivity index (χ4n) is 1.39. The average molecular weight is 200 g/mol. The molecule has 0 saturated heterocycles. The molecule has 0 fully saturated rings. The van der Waals surface area contributed by atoms with Gasteiger partial charge in [-0.1, -0.05) is 27.7 Å². The second kappa shape index (κ2) is 6.82. The fraction of sp³-hybridized carbons (Fsp3) is 0.909. The normalized spacial score (nSPS) is 15.3. The second-order valence-corrected chi connectivity index (χ2v) is 4.20. The Hall–Kier alpha value is -0.570. The van der Waals surface area contributed by atoms with Crippen LogP contribution in [0.4, 0.5) is 0 Å². The van der Waals surface area contributed by atoms with Gasteiger partial charge in [0.15, 0.2) is 0 Å². The van der Waals surface area contributed by atoms with Crippen LogP contribution in [0.2, 0.25) is 0 Å². The third-order valence-corrected chi connectivity index (χ3v) is 2.56. The molecule has 0 aliphatic rings. The summed E-state index contributed by atoms with van der Waals surface area (Å²) in [5.41, 5.74) is 5.71. The van der Waals surface area contributed by atoms with E-state index in [4.69, 9.17) is 5.73 Å². The highest BCUT2D eigenvalue weighted by Crippen LogP contribution is 2.06. The molecule has 0 radical (unpaired) electrons. The van der Waals surface area contributed by atoms with Gasteiger partial charge in [-0.25, -0.2) is 0 Å². The molecule has 2 atom stereocenters. The van der Waals surface area contributed by atoms with Gasteiger partial charge in [0.25, 0.3) is 0 Å². The van der Waals surface area contributed by atoms with Crippen molar-refractivity contribution >= 4 is 5.91 Å². The van der Waals surface area contributed by atoms with E-state index in [2.05, 4.69) is 26.1 Å². The Morgan fingerprint density at radius 3 is 2.21 bits per heavy atom. The SMILES string of the molecule is CCC(N)CC(=O)NC(CC)C(C)C. The quantitative estimate of drug-likeness (QED) is 0.685. The van der Waals surface area contributed by atoms with Crippen molar-refractivity contribution in [1.29, 1.82) is 0 Å². The summed E-state index contributed by atoms with van der Waals surface area (Å²) in [6.07, 6.45) is 2.27. The molecular formula is C11H24N2O. The molecule has 3 nitrogen and oxygen atoms in total. The zero-order valence-corrected chi connectivity index (χ0v) is 9.84. The maximum Gasteiger partial charge on any atom is 0.221 e. The molecule has 3 N–H and O–H groups in total. The molecule has 0 aromatic heterocycles. The van der Waals surface area contributed by atoms with Gasteiger partial charge < -0.3 is 11.1 Å². The van der Waals surface area contributed by atoms with E-state index < -0.39 is 0 Å². The van der Waals surface area contributed by atoms with Crippen molar-refractivity contribution in [3.05, 3.63) is 0 Å². The van der Waals surface area contributed by atoms with Crippen molar-refractivity contribution < 1.29 is 4.79 Å². The third-order valence-electron chi connectivity index (χ3n) is 2.56. The van der Waals surface area contributed by atoms with Crippen molar-refractivity contribution in [2.75, 3.05) is 0 Å². The Labute approximate surface area is 87.4 Å². The van der Waals surface area contributed by atoms with E-state index in [1.54, 1.807) is 0 Å². The summed E-state index contributed by atoms with van der Waals surface area (Å²) < 4.78 is 0. The van der Waals surface area contributed by atoms with Crippen LogP contribution in [0.3, 0.4) is 0 Å². The minimum atomic E-state index is -0.000307. The van der Waals surface area contributed by atoms with Gasteiger partial charge in [-0.3, -0.25) is 4.79 Å². The maximum absolute atomic E-state index is 11.5. The largest absolute Gasteiger partial charge is 0.353 e. The molecule has 0 heterocycles. The summed E-state index contributed by atoms with van der Waals surface area (Å²) in [6, 6.07) is 0.284. The van der Waals surface area contributed by atoms with Crippen LogP contribution in [0.5, 0.6) is 0 Å². The molecular weight excluding hydrogens is 176 g/mol. The molecule has 0 aliphatic carbocycles. The van der Waals surface area contributed by atoms with E-state index in [1.165, 1.54) is 0 Å². The lowest BCUT2D eigenvalue weighted by Gasteiger charge is -2.21. The standard InChI is InChI=1S/C11H24N2O/c1-5-9(12)7-11(14)13-10(6-2)8(3)4/h8-10H,5-7,12H2,1-4H3,(H,13,14). The van der Waals surface area contributed by atoms with Gasteiger partial charge in [0, 0.05) is 18.5 Å². The van der Waals surface area contributed by atoms with Crippen LogP contribution >= 0.6 is 0 Å². The molecule has 0 aromatic rings. The Kier molecular flexibility index (Phi) is 6.54. The maximum atomic E-state index is 11.5. The van der Waals surface area contributed by atoms with E-state index in [9.17, 15) is 4.79 Å². The van der Waals surface area contributed by atoms with Crippen LogP contribution in [0.15, 0.2) is 0 Å². The summed E-state index contributed by atoms with van der Waals surface area (Å²) in [6.45, 7) is 8.32. The van der Waals surface area contributed by atoms with E-state index in [1.807, 2.05) is 6.92 Å². The van der Waals surface area contributed by atoms with Gasteiger partial charge in [0.1, 0.15) is 0 Å². The lowest BCUT2D eigenvalue weighted by Crippen LogP contribution is -2.40. The Balaban J connectivity index is 3.91. The van der Waals surface area contributed by atoms with E-state index >= 15 is 0 Å². The van der Waals surface area contributed by atoms with Crippen molar-refractivity contribution in [2.24, 2.45) is 11.7 Å². The van der Waals surface area contributed by atoms with Crippen LogP contribution in [0, 0.1) is 5.92 Å². The fourth-order valence-corrected chi connectivity index (χ4v) is 1.39. The van der Waals surface area contributed by atoms with Crippen LogP contribution < -0.4 is 11.1 Å². The topological polar surface area (TPSA) is 55.1 Å². The minimum Gasteiger partial charge on any atom is -0.353 e. The van der Waals surface area contributed by atoms with Crippen LogP contribution in [-0.4, -0.2) is 18.0 Å². The van der Waals surface area contributed by atoms with Gasteiger partial charge in [0.2, 0.25) is 5.91 Å². The van der Waals surface area contributed by atoms with Crippen molar-refractivity contribution in [2.45, 2.75) is 59.0 Å². The molecule has 0 bridgehead atoms. The van der Waals surface area contributed by atoms with Crippen molar-refractivity contribution in [3.8, 4) is 0 Å². The van der Waals surface area contributed by atoms with Crippen molar-refractivity contribution in [1.82, 2.24) is 5.32 Å². The zero-order chi connectivity index (χ0) is 11.1. The van der Waals surface area contributed by atoms with Gasteiger partial charge >= 0.3 is 0 Å². The van der Waals surface area contributed by atoms with E-state index in [0.717, 1.165) is 12.8 Å². The highest BCUT2D eigenvalue weighted by atomic mass is 16.1. The summed E-state index contributed by atoms with van der Waals surface area (Å²) in [5, 5.41) is 3.01. The predicted octanol–water partition coefficient (Wildman–Crippen LogP) is 1.66. The number of hydrogen-bond acceptors (Lipinski definition) is 2. The number of nitrogens with two attached hydrogens (primary N) is 1. The molecule has 84 valence electrons. The Bertz CT molecular complexity index is 169. The third kappa shape index (κ3) is 5.22. The monoisotopic (exact) mass is 200 g/mol. The molecule has 2 unspecified atom stereocenters. The average Bonchev–Trinajstić information content (AvgIpc) is 2.13.